The van der Waals surface area contributed by atoms with E-state index in [2.05, 4.69) is 5.16 Å². The zero-order valence-electron chi connectivity index (χ0n) is 9.35. The van der Waals surface area contributed by atoms with Gasteiger partial charge in [-0.05, 0) is 18.2 Å². The van der Waals surface area contributed by atoms with E-state index in [9.17, 15) is 4.39 Å². The summed E-state index contributed by atoms with van der Waals surface area (Å²) in [6.07, 6.45) is 0.516. The van der Waals surface area contributed by atoms with E-state index in [0.29, 0.717) is 18.5 Å². The minimum atomic E-state index is -0.404. The van der Waals surface area contributed by atoms with Crippen LogP contribution in [-0.4, -0.2) is 25.5 Å². The number of benzene rings is 1. The Hall–Kier alpha value is -1.33. The van der Waals surface area contributed by atoms with Crippen molar-refractivity contribution in [2.75, 3.05) is 13.7 Å². The minimum Gasteiger partial charge on any atom is -0.494 e. The van der Waals surface area contributed by atoms with E-state index in [1.807, 2.05) is 0 Å². The molecule has 1 atom stereocenters. The molecule has 1 aromatic rings. The van der Waals surface area contributed by atoms with Crippen molar-refractivity contribution in [3.63, 3.8) is 0 Å². The number of nitrogens with two attached hydrogens (primary N) is 1. The molecular weight excluding hydrogens is 247 g/mol. The number of rotatable bonds is 3. The first-order chi connectivity index (χ1) is 7.74. The molecule has 1 aliphatic rings. The highest BCUT2D eigenvalue weighted by molar-refractivity contribution is 6.01. The number of ether oxygens (including phenoxy) is 1. The Bertz CT molecular complexity index is 426. The van der Waals surface area contributed by atoms with Crippen LogP contribution < -0.4 is 10.5 Å². The molecule has 1 aromatic carbocycles. The van der Waals surface area contributed by atoms with Gasteiger partial charge in [0.2, 0.25) is 0 Å². The summed E-state index contributed by atoms with van der Waals surface area (Å²) in [6, 6.07) is 4.71. The van der Waals surface area contributed by atoms with Crippen molar-refractivity contribution < 1.29 is 14.0 Å². The van der Waals surface area contributed by atoms with Crippen LogP contribution in [0.3, 0.4) is 0 Å². The van der Waals surface area contributed by atoms with Gasteiger partial charge in [0.15, 0.2) is 11.6 Å². The van der Waals surface area contributed by atoms with Crippen molar-refractivity contribution in [2.45, 2.75) is 12.5 Å². The summed E-state index contributed by atoms with van der Waals surface area (Å²) in [5, 5.41) is 3.88. The monoisotopic (exact) mass is 260 g/mol. The highest BCUT2D eigenvalue weighted by atomic mass is 35.5. The number of oxime groups is 1. The second kappa shape index (κ2) is 5.84. The fourth-order valence-corrected chi connectivity index (χ4v) is 1.57. The molecule has 0 fully saturated rings. The summed E-state index contributed by atoms with van der Waals surface area (Å²) in [5.41, 5.74) is 6.88. The first-order valence-corrected chi connectivity index (χ1v) is 5.01. The molecular formula is C11H14ClFN2O2. The van der Waals surface area contributed by atoms with E-state index >= 15 is 0 Å². The second-order valence-corrected chi connectivity index (χ2v) is 3.55. The predicted octanol–water partition coefficient (Wildman–Crippen LogP) is 1.71. The van der Waals surface area contributed by atoms with Gasteiger partial charge in [0, 0.05) is 18.5 Å². The second-order valence-electron chi connectivity index (χ2n) is 3.55. The lowest BCUT2D eigenvalue weighted by atomic mass is 10.0. The van der Waals surface area contributed by atoms with Crippen LogP contribution in [0.25, 0.3) is 0 Å². The molecule has 0 spiro atoms. The van der Waals surface area contributed by atoms with Crippen molar-refractivity contribution in [3.05, 3.63) is 29.6 Å². The summed E-state index contributed by atoms with van der Waals surface area (Å²) in [5.74, 6) is -0.183. The van der Waals surface area contributed by atoms with Crippen LogP contribution in [0.2, 0.25) is 0 Å². The van der Waals surface area contributed by atoms with Crippen LogP contribution in [0.4, 0.5) is 4.39 Å². The SMILES string of the molecule is COc1ccc(C2=NOC(CN)C2)cc1F.Cl. The largest absolute Gasteiger partial charge is 0.494 e. The zero-order valence-corrected chi connectivity index (χ0v) is 10.2. The van der Waals surface area contributed by atoms with E-state index in [1.54, 1.807) is 12.1 Å². The minimum absolute atomic E-state index is 0. The molecule has 6 heteroatoms. The highest BCUT2D eigenvalue weighted by Crippen LogP contribution is 2.21. The van der Waals surface area contributed by atoms with Gasteiger partial charge in [0.1, 0.15) is 6.10 Å². The van der Waals surface area contributed by atoms with E-state index < -0.39 is 5.82 Å². The summed E-state index contributed by atoms with van der Waals surface area (Å²) >= 11 is 0. The average Bonchev–Trinajstić information content (AvgIpc) is 2.77. The molecule has 1 unspecified atom stereocenters. The van der Waals surface area contributed by atoms with Crippen LogP contribution in [0.1, 0.15) is 12.0 Å². The maximum atomic E-state index is 13.4. The van der Waals surface area contributed by atoms with E-state index in [4.69, 9.17) is 15.3 Å². The maximum absolute atomic E-state index is 13.4. The Morgan fingerprint density at radius 2 is 2.35 bits per heavy atom. The molecule has 17 heavy (non-hydrogen) atoms. The molecule has 0 aromatic heterocycles. The molecule has 0 radical (unpaired) electrons. The van der Waals surface area contributed by atoms with Crippen LogP contribution in [0, 0.1) is 5.82 Å². The summed E-state index contributed by atoms with van der Waals surface area (Å²) in [6.45, 7) is 0.408. The first-order valence-electron chi connectivity index (χ1n) is 5.01. The lowest BCUT2D eigenvalue weighted by Gasteiger charge is -2.04. The van der Waals surface area contributed by atoms with Crippen LogP contribution in [0.15, 0.2) is 23.4 Å². The number of nitrogens with zero attached hydrogens (tertiary/aromatic N) is 1. The lowest BCUT2D eigenvalue weighted by Crippen LogP contribution is -2.20. The van der Waals surface area contributed by atoms with E-state index in [-0.39, 0.29) is 24.3 Å². The molecule has 1 heterocycles. The Labute approximate surface area is 105 Å². The van der Waals surface area contributed by atoms with Gasteiger partial charge in [-0.15, -0.1) is 12.4 Å². The number of hydrogen-bond donors (Lipinski definition) is 1. The average molecular weight is 261 g/mol. The Morgan fingerprint density at radius 1 is 1.59 bits per heavy atom. The van der Waals surface area contributed by atoms with Gasteiger partial charge >= 0.3 is 0 Å². The highest BCUT2D eigenvalue weighted by Gasteiger charge is 2.21. The number of halogens is 2. The van der Waals surface area contributed by atoms with Gasteiger partial charge in [-0.2, -0.15) is 0 Å². The van der Waals surface area contributed by atoms with Crippen LogP contribution in [-0.2, 0) is 4.84 Å². The van der Waals surface area contributed by atoms with Gasteiger partial charge in [-0.3, -0.25) is 0 Å². The molecule has 2 rings (SSSR count). The smallest absolute Gasteiger partial charge is 0.165 e. The van der Waals surface area contributed by atoms with Crippen molar-refractivity contribution in [1.29, 1.82) is 0 Å². The fraction of sp³-hybridized carbons (Fsp3) is 0.364. The first kappa shape index (κ1) is 13.7. The van der Waals surface area contributed by atoms with Gasteiger partial charge in [0.25, 0.3) is 0 Å². The molecule has 2 N–H and O–H groups in total. The predicted molar refractivity (Wildman–Crippen MR) is 65.3 cm³/mol. The molecule has 0 amide bonds. The molecule has 0 aliphatic carbocycles. The Kier molecular flexibility index (Phi) is 4.72. The van der Waals surface area contributed by atoms with Crippen molar-refractivity contribution >= 4 is 18.1 Å². The molecule has 0 saturated carbocycles. The van der Waals surface area contributed by atoms with Crippen LogP contribution >= 0.6 is 12.4 Å². The normalized spacial score (nSPS) is 18.1. The summed E-state index contributed by atoms with van der Waals surface area (Å²) in [7, 11) is 1.43. The molecule has 94 valence electrons. The Balaban J connectivity index is 0.00000144. The Morgan fingerprint density at radius 3 is 2.88 bits per heavy atom. The molecule has 1 aliphatic heterocycles. The van der Waals surface area contributed by atoms with Gasteiger partial charge in [-0.25, -0.2) is 4.39 Å². The van der Waals surface area contributed by atoms with Gasteiger partial charge in [0.05, 0.1) is 12.8 Å². The number of methoxy groups -OCH3 is 1. The van der Waals surface area contributed by atoms with Crippen molar-refractivity contribution in [3.8, 4) is 5.75 Å². The topological polar surface area (TPSA) is 56.8 Å². The van der Waals surface area contributed by atoms with Crippen molar-refractivity contribution in [2.24, 2.45) is 10.9 Å². The molecule has 4 nitrogen and oxygen atoms in total. The summed E-state index contributed by atoms with van der Waals surface area (Å²) < 4.78 is 18.3. The van der Waals surface area contributed by atoms with Gasteiger partial charge < -0.3 is 15.3 Å². The van der Waals surface area contributed by atoms with Crippen LogP contribution in [0.5, 0.6) is 5.75 Å². The zero-order chi connectivity index (χ0) is 11.5. The van der Waals surface area contributed by atoms with E-state index in [1.165, 1.54) is 13.2 Å². The van der Waals surface area contributed by atoms with Crippen molar-refractivity contribution in [1.82, 2.24) is 0 Å². The number of hydrogen-bond acceptors (Lipinski definition) is 4. The van der Waals surface area contributed by atoms with Gasteiger partial charge in [-0.1, -0.05) is 5.16 Å². The standard InChI is InChI=1S/C11H13FN2O2.ClH/c1-15-11-3-2-7(4-9(11)12)10-5-8(6-13)16-14-10;/h2-4,8H,5-6,13H2,1H3;1H. The maximum Gasteiger partial charge on any atom is 0.165 e. The quantitative estimate of drug-likeness (QED) is 0.900. The third-order valence-electron chi connectivity index (χ3n) is 2.48. The fourth-order valence-electron chi connectivity index (χ4n) is 1.57. The van der Waals surface area contributed by atoms with E-state index in [0.717, 1.165) is 5.71 Å². The third kappa shape index (κ3) is 2.87. The third-order valence-corrected chi connectivity index (χ3v) is 2.48. The lowest BCUT2D eigenvalue weighted by molar-refractivity contribution is 0.0918. The summed E-state index contributed by atoms with van der Waals surface area (Å²) in [4.78, 5) is 5.07. The molecule has 0 saturated heterocycles. The molecule has 0 bridgehead atoms.